The predicted octanol–water partition coefficient (Wildman–Crippen LogP) is 3.73. The van der Waals surface area contributed by atoms with Crippen LogP contribution >= 0.6 is 15.9 Å². The van der Waals surface area contributed by atoms with Gasteiger partial charge in [-0.15, -0.1) is 0 Å². The number of nitrogens with zero attached hydrogens (tertiary/aromatic N) is 1. The Morgan fingerprint density at radius 2 is 1.95 bits per heavy atom. The zero-order valence-electron chi connectivity index (χ0n) is 12.1. The number of hydrogen-bond acceptors (Lipinski definition) is 3. The van der Waals surface area contributed by atoms with Crippen molar-refractivity contribution in [1.29, 1.82) is 0 Å². The van der Waals surface area contributed by atoms with Gasteiger partial charge >= 0.3 is 6.09 Å². The average Bonchev–Trinajstić information content (AvgIpc) is 2.27. The van der Waals surface area contributed by atoms with Crippen LogP contribution in [-0.4, -0.2) is 36.2 Å². The molecule has 2 rings (SSSR count). The Hall–Kier alpha value is -1.23. The van der Waals surface area contributed by atoms with E-state index in [-0.39, 0.29) is 6.09 Å². The number of likely N-dealkylation sites (tertiary alicyclic amines) is 1. The number of hydrogen-bond donors (Lipinski definition) is 1. The Kier molecular flexibility index (Phi) is 4.58. The minimum atomic E-state index is -0.419. The minimum Gasteiger partial charge on any atom is -0.444 e. The standard InChI is InChI=1S/C15H21BrN2O2/c1-15(2,3)20-14(19)18-9-11(10-18)8-17-13-6-4-12(16)5-7-13/h4-7,11,17H,8-10H2,1-3H3. The highest BCUT2D eigenvalue weighted by molar-refractivity contribution is 9.10. The van der Waals surface area contributed by atoms with Gasteiger partial charge in [-0.2, -0.15) is 0 Å². The predicted molar refractivity (Wildman–Crippen MR) is 83.9 cm³/mol. The fourth-order valence-corrected chi connectivity index (χ4v) is 2.27. The van der Waals surface area contributed by atoms with Crippen LogP contribution in [-0.2, 0) is 4.74 Å². The van der Waals surface area contributed by atoms with Crippen molar-refractivity contribution in [2.75, 3.05) is 25.0 Å². The van der Waals surface area contributed by atoms with E-state index in [9.17, 15) is 4.79 Å². The van der Waals surface area contributed by atoms with Crippen molar-refractivity contribution in [3.8, 4) is 0 Å². The topological polar surface area (TPSA) is 41.6 Å². The van der Waals surface area contributed by atoms with Gasteiger partial charge in [-0.25, -0.2) is 4.79 Å². The number of carbonyl (C=O) groups is 1. The smallest absolute Gasteiger partial charge is 0.410 e. The van der Waals surface area contributed by atoms with Crippen molar-refractivity contribution in [3.05, 3.63) is 28.7 Å². The zero-order valence-corrected chi connectivity index (χ0v) is 13.7. The highest BCUT2D eigenvalue weighted by Gasteiger charge is 2.33. The fourth-order valence-electron chi connectivity index (χ4n) is 2.00. The lowest BCUT2D eigenvalue weighted by molar-refractivity contribution is 0.000848. The Balaban J connectivity index is 1.69. The molecule has 1 fully saturated rings. The van der Waals surface area contributed by atoms with Crippen LogP contribution in [0.4, 0.5) is 10.5 Å². The van der Waals surface area contributed by atoms with Gasteiger partial charge in [0.1, 0.15) is 5.60 Å². The first-order chi connectivity index (χ1) is 9.33. The van der Waals surface area contributed by atoms with Crippen LogP contribution in [0.1, 0.15) is 20.8 Å². The molecule has 1 aromatic carbocycles. The highest BCUT2D eigenvalue weighted by atomic mass is 79.9. The van der Waals surface area contributed by atoms with E-state index >= 15 is 0 Å². The molecule has 0 unspecified atom stereocenters. The van der Waals surface area contributed by atoms with E-state index in [1.165, 1.54) is 0 Å². The van der Waals surface area contributed by atoms with Crippen LogP contribution < -0.4 is 5.32 Å². The molecule has 1 aliphatic rings. The number of halogens is 1. The third kappa shape index (κ3) is 4.40. The molecule has 0 bridgehead atoms. The first kappa shape index (κ1) is 15.2. The molecule has 1 heterocycles. The molecule has 1 aromatic rings. The summed E-state index contributed by atoms with van der Waals surface area (Å²) in [5.41, 5.74) is 0.682. The Morgan fingerprint density at radius 1 is 1.35 bits per heavy atom. The van der Waals surface area contributed by atoms with Crippen LogP contribution in [0.2, 0.25) is 0 Å². The molecular weight excluding hydrogens is 320 g/mol. The van der Waals surface area contributed by atoms with Gasteiger partial charge < -0.3 is 15.0 Å². The summed E-state index contributed by atoms with van der Waals surface area (Å²) in [5.74, 6) is 0.492. The highest BCUT2D eigenvalue weighted by Crippen LogP contribution is 2.21. The second-order valence-electron chi connectivity index (χ2n) is 6.14. The number of ether oxygens (including phenoxy) is 1. The van der Waals surface area contributed by atoms with Gasteiger partial charge in [0.25, 0.3) is 0 Å². The number of carbonyl (C=O) groups excluding carboxylic acids is 1. The molecule has 0 radical (unpaired) electrons. The molecule has 1 aliphatic heterocycles. The monoisotopic (exact) mass is 340 g/mol. The van der Waals surface area contributed by atoms with Gasteiger partial charge in [-0.05, 0) is 45.0 Å². The summed E-state index contributed by atoms with van der Waals surface area (Å²) in [5, 5.41) is 3.38. The summed E-state index contributed by atoms with van der Waals surface area (Å²) in [7, 11) is 0. The second kappa shape index (κ2) is 6.04. The van der Waals surface area contributed by atoms with Crippen molar-refractivity contribution >= 4 is 27.7 Å². The van der Waals surface area contributed by atoms with Crippen LogP contribution in [0.25, 0.3) is 0 Å². The van der Waals surface area contributed by atoms with Crippen molar-refractivity contribution in [2.45, 2.75) is 26.4 Å². The number of amides is 1. The zero-order chi connectivity index (χ0) is 14.8. The van der Waals surface area contributed by atoms with Crippen molar-refractivity contribution in [1.82, 2.24) is 4.90 Å². The third-order valence-corrected chi connectivity index (χ3v) is 3.58. The average molecular weight is 341 g/mol. The Labute approximate surface area is 128 Å². The Bertz CT molecular complexity index is 462. The molecule has 0 aromatic heterocycles. The molecule has 110 valence electrons. The molecule has 0 atom stereocenters. The molecule has 1 amide bonds. The number of nitrogens with one attached hydrogen (secondary N) is 1. The summed E-state index contributed by atoms with van der Waals surface area (Å²) < 4.78 is 6.40. The molecule has 0 spiro atoms. The maximum atomic E-state index is 11.8. The van der Waals surface area contributed by atoms with E-state index in [4.69, 9.17) is 4.74 Å². The number of benzene rings is 1. The molecule has 0 saturated carbocycles. The van der Waals surface area contributed by atoms with Crippen LogP contribution in [0.3, 0.4) is 0 Å². The summed E-state index contributed by atoms with van der Waals surface area (Å²) in [4.78, 5) is 13.5. The van der Waals surface area contributed by atoms with Crippen molar-refractivity contribution in [2.24, 2.45) is 5.92 Å². The minimum absolute atomic E-state index is 0.211. The van der Waals surface area contributed by atoms with Crippen LogP contribution in [0, 0.1) is 5.92 Å². The quantitative estimate of drug-likeness (QED) is 0.911. The van der Waals surface area contributed by atoms with E-state index in [1.54, 1.807) is 4.90 Å². The number of rotatable bonds is 3. The van der Waals surface area contributed by atoms with Crippen LogP contribution in [0.15, 0.2) is 28.7 Å². The first-order valence-corrected chi connectivity index (χ1v) is 7.60. The molecule has 4 nitrogen and oxygen atoms in total. The summed E-state index contributed by atoms with van der Waals surface area (Å²) >= 11 is 3.41. The molecule has 1 N–H and O–H groups in total. The van der Waals surface area contributed by atoms with Gasteiger partial charge in [0.2, 0.25) is 0 Å². The van der Waals surface area contributed by atoms with Gasteiger partial charge in [0.15, 0.2) is 0 Å². The lowest BCUT2D eigenvalue weighted by Gasteiger charge is -2.39. The molecule has 1 saturated heterocycles. The fraction of sp³-hybridized carbons (Fsp3) is 0.533. The SMILES string of the molecule is CC(C)(C)OC(=O)N1CC(CNc2ccc(Br)cc2)C1. The van der Waals surface area contributed by atoms with Crippen molar-refractivity contribution in [3.63, 3.8) is 0 Å². The van der Waals surface area contributed by atoms with E-state index in [0.29, 0.717) is 5.92 Å². The van der Waals surface area contributed by atoms with Gasteiger partial charge in [0.05, 0.1) is 0 Å². The molecule has 0 aliphatic carbocycles. The van der Waals surface area contributed by atoms with E-state index < -0.39 is 5.60 Å². The third-order valence-electron chi connectivity index (χ3n) is 3.05. The molecule has 20 heavy (non-hydrogen) atoms. The maximum Gasteiger partial charge on any atom is 0.410 e. The normalized spacial score (nSPS) is 15.7. The molecule has 5 heteroatoms. The van der Waals surface area contributed by atoms with Gasteiger partial charge in [-0.1, -0.05) is 15.9 Å². The summed E-state index contributed by atoms with van der Waals surface area (Å²) in [6, 6.07) is 8.09. The number of anilines is 1. The lowest BCUT2D eigenvalue weighted by atomic mass is 10.0. The van der Waals surface area contributed by atoms with Gasteiger partial charge in [-0.3, -0.25) is 0 Å². The second-order valence-corrected chi connectivity index (χ2v) is 7.05. The largest absolute Gasteiger partial charge is 0.444 e. The van der Waals surface area contributed by atoms with E-state index in [0.717, 1.165) is 29.8 Å². The summed E-state index contributed by atoms with van der Waals surface area (Å²) in [6.45, 7) is 8.06. The molecular formula is C15H21BrN2O2. The summed E-state index contributed by atoms with van der Waals surface area (Å²) in [6.07, 6.45) is -0.211. The van der Waals surface area contributed by atoms with Crippen LogP contribution in [0.5, 0.6) is 0 Å². The Morgan fingerprint density at radius 3 is 2.50 bits per heavy atom. The maximum absolute atomic E-state index is 11.8. The van der Waals surface area contributed by atoms with Gasteiger partial charge in [0, 0.05) is 35.7 Å². The first-order valence-electron chi connectivity index (χ1n) is 6.81. The van der Waals surface area contributed by atoms with E-state index in [1.807, 2.05) is 45.0 Å². The lowest BCUT2D eigenvalue weighted by Crippen LogP contribution is -2.53. The van der Waals surface area contributed by atoms with Crippen molar-refractivity contribution < 1.29 is 9.53 Å². The van der Waals surface area contributed by atoms with E-state index in [2.05, 4.69) is 21.2 Å².